The normalized spacial score (nSPS) is 12.2. The largest absolute Gasteiger partial charge is 0.494 e. The quantitative estimate of drug-likeness (QED) is 0.902. The van der Waals surface area contributed by atoms with Crippen molar-refractivity contribution in [3.8, 4) is 5.75 Å². The van der Waals surface area contributed by atoms with Crippen LogP contribution in [0.2, 0.25) is 0 Å². The maximum absolute atomic E-state index is 13.5. The Labute approximate surface area is 105 Å². The Balaban J connectivity index is 2.12. The molecule has 0 fully saturated rings. The second-order valence-electron chi connectivity index (χ2n) is 3.94. The molecule has 0 saturated heterocycles. The fraction of sp³-hybridized carbons (Fsp3) is 0.214. The highest BCUT2D eigenvalue weighted by Gasteiger charge is 2.11. The van der Waals surface area contributed by atoms with Crippen LogP contribution in [0, 0.1) is 5.82 Å². The van der Waals surface area contributed by atoms with Crippen LogP contribution < -0.4 is 4.74 Å². The number of hydrogen-bond acceptors (Lipinski definition) is 3. The molecule has 94 valence electrons. The minimum absolute atomic E-state index is 0.200. The van der Waals surface area contributed by atoms with Gasteiger partial charge in [-0.1, -0.05) is 12.1 Å². The molecule has 2 aromatic rings. The van der Waals surface area contributed by atoms with E-state index in [9.17, 15) is 9.50 Å². The van der Waals surface area contributed by atoms with Crippen LogP contribution in [0.25, 0.3) is 0 Å². The average molecular weight is 247 g/mol. The fourth-order valence-electron chi connectivity index (χ4n) is 1.74. The lowest BCUT2D eigenvalue weighted by Crippen LogP contribution is -2.04. The molecule has 0 bridgehead atoms. The van der Waals surface area contributed by atoms with Gasteiger partial charge in [-0.05, 0) is 29.8 Å². The molecule has 18 heavy (non-hydrogen) atoms. The molecule has 0 amide bonds. The van der Waals surface area contributed by atoms with E-state index in [0.717, 1.165) is 0 Å². The second kappa shape index (κ2) is 5.60. The number of ether oxygens (including phenoxy) is 1. The van der Waals surface area contributed by atoms with Crippen molar-refractivity contribution < 1.29 is 14.2 Å². The molecular weight excluding hydrogens is 233 g/mol. The van der Waals surface area contributed by atoms with Crippen molar-refractivity contribution in [2.24, 2.45) is 0 Å². The average Bonchev–Trinajstić information content (AvgIpc) is 2.40. The van der Waals surface area contributed by atoms with Crippen molar-refractivity contribution in [3.63, 3.8) is 0 Å². The number of aromatic nitrogens is 1. The molecule has 0 aliphatic heterocycles. The second-order valence-corrected chi connectivity index (χ2v) is 3.94. The van der Waals surface area contributed by atoms with E-state index in [1.165, 1.54) is 13.2 Å². The molecule has 0 spiro atoms. The Morgan fingerprint density at radius 1 is 1.33 bits per heavy atom. The first-order chi connectivity index (χ1) is 8.70. The Morgan fingerprint density at radius 3 is 2.78 bits per heavy atom. The van der Waals surface area contributed by atoms with E-state index in [0.29, 0.717) is 17.7 Å². The lowest BCUT2D eigenvalue weighted by atomic mass is 10.0. The van der Waals surface area contributed by atoms with Crippen LogP contribution in [-0.4, -0.2) is 17.2 Å². The van der Waals surface area contributed by atoms with Gasteiger partial charge in [-0.2, -0.15) is 0 Å². The fourth-order valence-corrected chi connectivity index (χ4v) is 1.74. The van der Waals surface area contributed by atoms with E-state index < -0.39 is 11.9 Å². The van der Waals surface area contributed by atoms with E-state index in [2.05, 4.69) is 4.98 Å². The van der Waals surface area contributed by atoms with Gasteiger partial charge in [-0.15, -0.1) is 0 Å². The molecule has 1 aromatic heterocycles. The van der Waals surface area contributed by atoms with Crippen LogP contribution in [0.5, 0.6) is 5.75 Å². The standard InChI is InChI=1S/C14H14FNO2/c1-18-14-6-5-10(8-11(14)15)9-13(17)12-4-2-3-7-16-12/h2-8,13,17H,9H2,1H3. The van der Waals surface area contributed by atoms with Gasteiger partial charge < -0.3 is 9.84 Å². The molecule has 1 heterocycles. The van der Waals surface area contributed by atoms with Crippen LogP contribution in [0.15, 0.2) is 42.6 Å². The lowest BCUT2D eigenvalue weighted by molar-refractivity contribution is 0.173. The van der Waals surface area contributed by atoms with E-state index in [-0.39, 0.29) is 5.75 Å². The smallest absolute Gasteiger partial charge is 0.165 e. The van der Waals surface area contributed by atoms with Gasteiger partial charge >= 0.3 is 0 Å². The van der Waals surface area contributed by atoms with Crippen molar-refractivity contribution >= 4 is 0 Å². The third-order valence-electron chi connectivity index (χ3n) is 2.67. The molecule has 0 saturated carbocycles. The van der Waals surface area contributed by atoms with Gasteiger partial charge in [0.05, 0.1) is 18.9 Å². The molecular formula is C14H14FNO2. The number of aliphatic hydroxyl groups is 1. The van der Waals surface area contributed by atoms with Crippen LogP contribution in [0.1, 0.15) is 17.4 Å². The molecule has 1 unspecified atom stereocenters. The first kappa shape index (κ1) is 12.5. The summed E-state index contributed by atoms with van der Waals surface area (Å²) in [7, 11) is 1.42. The van der Waals surface area contributed by atoms with E-state index >= 15 is 0 Å². The molecule has 2 rings (SSSR count). The Morgan fingerprint density at radius 2 is 2.17 bits per heavy atom. The zero-order chi connectivity index (χ0) is 13.0. The minimum Gasteiger partial charge on any atom is -0.494 e. The molecule has 1 aromatic carbocycles. The van der Waals surface area contributed by atoms with Crippen molar-refractivity contribution in [1.29, 1.82) is 0 Å². The molecule has 3 nitrogen and oxygen atoms in total. The van der Waals surface area contributed by atoms with E-state index in [4.69, 9.17) is 4.74 Å². The summed E-state index contributed by atoms with van der Waals surface area (Å²) < 4.78 is 18.3. The topological polar surface area (TPSA) is 42.4 Å². The number of pyridine rings is 1. The van der Waals surface area contributed by atoms with Crippen LogP contribution in [-0.2, 0) is 6.42 Å². The molecule has 1 atom stereocenters. The zero-order valence-corrected chi connectivity index (χ0v) is 10.0. The highest BCUT2D eigenvalue weighted by molar-refractivity contribution is 5.30. The molecule has 0 aliphatic carbocycles. The third kappa shape index (κ3) is 2.84. The van der Waals surface area contributed by atoms with Crippen LogP contribution in [0.4, 0.5) is 4.39 Å². The number of nitrogens with zero attached hydrogens (tertiary/aromatic N) is 1. The van der Waals surface area contributed by atoms with Crippen molar-refractivity contribution in [1.82, 2.24) is 4.98 Å². The minimum atomic E-state index is -0.737. The predicted octanol–water partition coefficient (Wildman–Crippen LogP) is 2.51. The molecule has 4 heteroatoms. The van der Waals surface area contributed by atoms with Gasteiger partial charge in [0.1, 0.15) is 0 Å². The number of hydrogen-bond donors (Lipinski definition) is 1. The number of halogens is 1. The van der Waals surface area contributed by atoms with Gasteiger partial charge in [0, 0.05) is 12.6 Å². The summed E-state index contributed by atoms with van der Waals surface area (Å²) in [5.41, 5.74) is 1.28. The molecule has 0 aliphatic rings. The zero-order valence-electron chi connectivity index (χ0n) is 10.0. The van der Waals surface area contributed by atoms with Gasteiger partial charge in [0.25, 0.3) is 0 Å². The predicted molar refractivity (Wildman–Crippen MR) is 65.9 cm³/mol. The Hall–Kier alpha value is -1.94. The highest BCUT2D eigenvalue weighted by atomic mass is 19.1. The highest BCUT2D eigenvalue weighted by Crippen LogP contribution is 2.21. The van der Waals surface area contributed by atoms with E-state index in [1.54, 1.807) is 36.5 Å². The number of aliphatic hydroxyl groups excluding tert-OH is 1. The molecule has 1 N–H and O–H groups in total. The number of benzene rings is 1. The van der Waals surface area contributed by atoms with Gasteiger partial charge in [0.15, 0.2) is 11.6 Å². The summed E-state index contributed by atoms with van der Waals surface area (Å²) in [6.07, 6.45) is 1.20. The monoisotopic (exact) mass is 247 g/mol. The van der Waals surface area contributed by atoms with Gasteiger partial charge in [-0.25, -0.2) is 4.39 Å². The van der Waals surface area contributed by atoms with Gasteiger partial charge in [-0.3, -0.25) is 4.98 Å². The van der Waals surface area contributed by atoms with Crippen molar-refractivity contribution in [2.75, 3.05) is 7.11 Å². The van der Waals surface area contributed by atoms with E-state index in [1.807, 2.05) is 0 Å². The summed E-state index contributed by atoms with van der Waals surface area (Å²) in [5.74, 6) is -0.228. The SMILES string of the molecule is COc1ccc(CC(O)c2ccccn2)cc1F. The summed E-state index contributed by atoms with van der Waals surface area (Å²) in [5, 5.41) is 9.98. The number of methoxy groups -OCH3 is 1. The Kier molecular flexibility index (Phi) is 3.89. The van der Waals surface area contributed by atoms with Crippen molar-refractivity contribution in [3.05, 3.63) is 59.7 Å². The van der Waals surface area contributed by atoms with Crippen LogP contribution in [0.3, 0.4) is 0 Å². The lowest BCUT2D eigenvalue weighted by Gasteiger charge is -2.10. The Bertz CT molecular complexity index is 516. The maximum atomic E-state index is 13.5. The van der Waals surface area contributed by atoms with Crippen LogP contribution >= 0.6 is 0 Å². The summed E-state index contributed by atoms with van der Waals surface area (Å²) in [6.45, 7) is 0. The van der Waals surface area contributed by atoms with Crippen molar-refractivity contribution in [2.45, 2.75) is 12.5 Å². The summed E-state index contributed by atoms with van der Waals surface area (Å²) in [6, 6.07) is 9.98. The third-order valence-corrected chi connectivity index (χ3v) is 2.67. The first-order valence-electron chi connectivity index (χ1n) is 5.62. The first-order valence-corrected chi connectivity index (χ1v) is 5.62. The number of rotatable bonds is 4. The molecule has 0 radical (unpaired) electrons. The maximum Gasteiger partial charge on any atom is 0.165 e. The van der Waals surface area contributed by atoms with Gasteiger partial charge in [0.2, 0.25) is 0 Å². The summed E-state index contributed by atoms with van der Waals surface area (Å²) >= 11 is 0. The summed E-state index contributed by atoms with van der Waals surface area (Å²) in [4.78, 5) is 4.06.